The average molecular weight is 237 g/mol. The van der Waals surface area contributed by atoms with Gasteiger partial charge in [0, 0.05) is 5.69 Å². The van der Waals surface area contributed by atoms with Crippen LogP contribution in [0.5, 0.6) is 0 Å². The molecule has 0 aromatic carbocycles. The van der Waals surface area contributed by atoms with Gasteiger partial charge in [0.15, 0.2) is 6.29 Å². The Bertz CT molecular complexity index is 731. The fourth-order valence-corrected chi connectivity index (χ4v) is 2.03. The van der Waals surface area contributed by atoms with E-state index in [-0.39, 0.29) is 0 Å². The Morgan fingerprint density at radius 1 is 1.17 bits per heavy atom. The van der Waals surface area contributed by atoms with Crippen molar-refractivity contribution >= 4 is 11.9 Å². The summed E-state index contributed by atoms with van der Waals surface area (Å²) in [7, 11) is 0. The fraction of sp³-hybridized carbons (Fsp3) is 0.0714. The molecule has 0 saturated heterocycles. The van der Waals surface area contributed by atoms with Crippen molar-refractivity contribution in [2.75, 3.05) is 0 Å². The average Bonchev–Trinajstić information content (AvgIpc) is 2.81. The quantitative estimate of drug-likeness (QED) is 0.643. The van der Waals surface area contributed by atoms with Gasteiger partial charge in [0.05, 0.1) is 17.6 Å². The first-order valence-electron chi connectivity index (χ1n) is 5.65. The van der Waals surface area contributed by atoms with Gasteiger partial charge in [-0.3, -0.25) is 14.2 Å². The molecule has 0 unspecified atom stereocenters. The molecule has 3 heterocycles. The Kier molecular flexibility index (Phi) is 2.41. The molecule has 4 nitrogen and oxygen atoms in total. The highest BCUT2D eigenvalue weighted by Gasteiger charge is 2.09. The van der Waals surface area contributed by atoms with Crippen LogP contribution in [0, 0.1) is 6.92 Å². The van der Waals surface area contributed by atoms with Crippen molar-refractivity contribution in [3.63, 3.8) is 0 Å². The van der Waals surface area contributed by atoms with Crippen LogP contribution in [0.4, 0.5) is 0 Å². The maximum absolute atomic E-state index is 11.1. The zero-order valence-electron chi connectivity index (χ0n) is 9.87. The first kappa shape index (κ1) is 10.7. The number of nitrogens with zero attached hydrogens (tertiary/aromatic N) is 3. The van der Waals surface area contributed by atoms with E-state index in [1.807, 2.05) is 47.7 Å². The number of aldehydes is 1. The normalized spacial score (nSPS) is 10.7. The smallest absolute Gasteiger partial charge is 0.168 e. The minimum absolute atomic E-state index is 0.531. The molecule has 0 fully saturated rings. The number of rotatable bonds is 2. The summed E-state index contributed by atoms with van der Waals surface area (Å²) >= 11 is 0. The first-order valence-corrected chi connectivity index (χ1v) is 5.65. The molecule has 0 N–H and O–H groups in total. The fourth-order valence-electron chi connectivity index (χ4n) is 2.03. The van der Waals surface area contributed by atoms with Crippen LogP contribution in [0.1, 0.15) is 16.2 Å². The van der Waals surface area contributed by atoms with E-state index in [0.717, 1.165) is 29.0 Å². The molecule has 0 atom stereocenters. The topological polar surface area (TPSA) is 47.3 Å². The van der Waals surface area contributed by atoms with E-state index in [2.05, 4.69) is 9.97 Å². The van der Waals surface area contributed by atoms with Crippen molar-refractivity contribution in [1.29, 1.82) is 0 Å². The largest absolute Gasteiger partial charge is 0.296 e. The number of fused-ring (bicyclic) bond motifs is 1. The predicted molar refractivity (Wildman–Crippen MR) is 68.5 cm³/mol. The Hall–Kier alpha value is -2.49. The molecule has 88 valence electrons. The zero-order valence-corrected chi connectivity index (χ0v) is 9.87. The van der Waals surface area contributed by atoms with Crippen LogP contribution in [-0.4, -0.2) is 20.7 Å². The van der Waals surface area contributed by atoms with Crippen LogP contribution < -0.4 is 0 Å². The van der Waals surface area contributed by atoms with Crippen molar-refractivity contribution in [1.82, 2.24) is 14.4 Å². The van der Waals surface area contributed by atoms with Crippen molar-refractivity contribution in [3.05, 3.63) is 54.0 Å². The number of carbonyl (C=O) groups excluding carboxylic acids is 1. The van der Waals surface area contributed by atoms with Crippen LogP contribution in [0.2, 0.25) is 0 Å². The molecule has 0 saturated carbocycles. The molecule has 4 heteroatoms. The van der Waals surface area contributed by atoms with E-state index < -0.39 is 0 Å². The number of pyridine rings is 2. The van der Waals surface area contributed by atoms with E-state index in [9.17, 15) is 4.79 Å². The van der Waals surface area contributed by atoms with Crippen molar-refractivity contribution in [2.24, 2.45) is 0 Å². The highest BCUT2D eigenvalue weighted by Crippen LogP contribution is 2.20. The van der Waals surface area contributed by atoms with Crippen LogP contribution in [0.15, 0.2) is 42.6 Å². The number of hydrogen-bond acceptors (Lipinski definition) is 3. The van der Waals surface area contributed by atoms with Crippen LogP contribution in [0.3, 0.4) is 0 Å². The standard InChI is InChI=1S/C14H11N3O/c1-10-4-2-5-12(16-10)13-6-3-7-14-15-8-11(9-18)17(13)14/h2-9H,1H3. The Balaban J connectivity index is 2.35. The van der Waals surface area contributed by atoms with Crippen molar-refractivity contribution in [2.45, 2.75) is 6.92 Å². The summed E-state index contributed by atoms with van der Waals surface area (Å²) in [6, 6.07) is 11.5. The van der Waals surface area contributed by atoms with Gasteiger partial charge in [0.25, 0.3) is 0 Å². The molecular formula is C14H11N3O. The molecule has 0 radical (unpaired) electrons. The number of hydrogen-bond donors (Lipinski definition) is 0. The summed E-state index contributed by atoms with van der Waals surface area (Å²) in [6.07, 6.45) is 2.38. The summed E-state index contributed by atoms with van der Waals surface area (Å²) in [5.74, 6) is 0. The third-order valence-electron chi connectivity index (χ3n) is 2.83. The molecule has 3 rings (SSSR count). The highest BCUT2D eigenvalue weighted by molar-refractivity contribution is 5.76. The minimum Gasteiger partial charge on any atom is -0.296 e. The molecule has 0 bridgehead atoms. The molecule has 0 aliphatic heterocycles. The maximum atomic E-state index is 11.1. The molecule has 3 aromatic heterocycles. The molecule has 3 aromatic rings. The first-order chi connectivity index (χ1) is 8.79. The lowest BCUT2D eigenvalue weighted by atomic mass is 10.2. The van der Waals surface area contributed by atoms with Gasteiger partial charge < -0.3 is 0 Å². The second-order valence-corrected chi connectivity index (χ2v) is 4.07. The summed E-state index contributed by atoms with van der Waals surface area (Å²) in [5, 5.41) is 0. The number of carbonyl (C=O) groups is 1. The van der Waals surface area contributed by atoms with E-state index in [0.29, 0.717) is 5.69 Å². The van der Waals surface area contributed by atoms with Crippen LogP contribution in [-0.2, 0) is 0 Å². The Morgan fingerprint density at radius 3 is 2.78 bits per heavy atom. The second-order valence-electron chi connectivity index (χ2n) is 4.07. The van der Waals surface area contributed by atoms with E-state index in [4.69, 9.17) is 0 Å². The van der Waals surface area contributed by atoms with Gasteiger partial charge >= 0.3 is 0 Å². The number of aromatic nitrogens is 3. The molecule has 18 heavy (non-hydrogen) atoms. The lowest BCUT2D eigenvalue weighted by Crippen LogP contribution is -1.98. The Labute approximate surface area is 104 Å². The van der Waals surface area contributed by atoms with Gasteiger partial charge in [-0.25, -0.2) is 4.98 Å². The number of aryl methyl sites for hydroxylation is 1. The summed E-state index contributed by atoms with van der Waals surface area (Å²) in [5.41, 5.74) is 3.93. The van der Waals surface area contributed by atoms with Gasteiger partial charge in [0.2, 0.25) is 0 Å². The SMILES string of the molecule is Cc1cccc(-c2cccc3ncc(C=O)n23)n1. The highest BCUT2D eigenvalue weighted by atomic mass is 16.1. The summed E-state index contributed by atoms with van der Waals surface area (Å²) < 4.78 is 1.81. The van der Waals surface area contributed by atoms with Crippen molar-refractivity contribution < 1.29 is 4.79 Å². The predicted octanol–water partition coefficient (Wildman–Crippen LogP) is 2.52. The minimum atomic E-state index is 0.531. The monoisotopic (exact) mass is 237 g/mol. The Morgan fingerprint density at radius 2 is 2.00 bits per heavy atom. The van der Waals surface area contributed by atoms with Crippen LogP contribution in [0.25, 0.3) is 17.0 Å². The van der Waals surface area contributed by atoms with Crippen LogP contribution >= 0.6 is 0 Å². The van der Waals surface area contributed by atoms with Crippen molar-refractivity contribution in [3.8, 4) is 11.4 Å². The zero-order chi connectivity index (χ0) is 12.5. The molecule has 0 aliphatic carbocycles. The van der Waals surface area contributed by atoms with Gasteiger partial charge in [-0.1, -0.05) is 12.1 Å². The summed E-state index contributed by atoms with van der Waals surface area (Å²) in [6.45, 7) is 1.94. The lowest BCUT2D eigenvalue weighted by Gasteiger charge is -2.06. The maximum Gasteiger partial charge on any atom is 0.168 e. The van der Waals surface area contributed by atoms with Gasteiger partial charge in [-0.2, -0.15) is 0 Å². The molecular weight excluding hydrogens is 226 g/mol. The lowest BCUT2D eigenvalue weighted by molar-refractivity contribution is 0.111. The number of imidazole rings is 1. The second kappa shape index (κ2) is 4.07. The third kappa shape index (κ3) is 1.59. The van der Waals surface area contributed by atoms with Gasteiger partial charge in [-0.05, 0) is 31.2 Å². The molecule has 0 spiro atoms. The molecule has 0 aliphatic rings. The van der Waals surface area contributed by atoms with E-state index in [1.54, 1.807) is 6.20 Å². The van der Waals surface area contributed by atoms with Gasteiger partial charge in [-0.15, -0.1) is 0 Å². The summed E-state index contributed by atoms with van der Waals surface area (Å²) in [4.78, 5) is 19.7. The molecule has 0 amide bonds. The third-order valence-corrected chi connectivity index (χ3v) is 2.83. The van der Waals surface area contributed by atoms with Gasteiger partial charge in [0.1, 0.15) is 11.3 Å². The van der Waals surface area contributed by atoms with E-state index >= 15 is 0 Å². The van der Waals surface area contributed by atoms with E-state index in [1.165, 1.54) is 0 Å².